The van der Waals surface area contributed by atoms with E-state index in [-0.39, 0.29) is 17.0 Å². The average Bonchev–Trinajstić information content (AvgIpc) is 2.68. The summed E-state index contributed by atoms with van der Waals surface area (Å²) in [6.07, 6.45) is 1.43. The fourth-order valence-electron chi connectivity index (χ4n) is 3.98. The number of esters is 1. The first-order valence-electron chi connectivity index (χ1n) is 7.40. The summed E-state index contributed by atoms with van der Waals surface area (Å²) in [5.74, 6) is -0.635. The van der Waals surface area contributed by atoms with Gasteiger partial charge in [-0.3, -0.25) is 4.90 Å². The zero-order chi connectivity index (χ0) is 16.7. The quantitative estimate of drug-likeness (QED) is 0.457. The summed E-state index contributed by atoms with van der Waals surface area (Å²) >= 11 is 0. The van der Waals surface area contributed by atoms with E-state index < -0.39 is 17.6 Å². The van der Waals surface area contributed by atoms with E-state index in [1.54, 1.807) is 4.90 Å². The highest BCUT2D eigenvalue weighted by atomic mass is 16.5. The van der Waals surface area contributed by atoms with Crippen molar-refractivity contribution in [3.05, 3.63) is 11.1 Å². The van der Waals surface area contributed by atoms with E-state index >= 15 is 0 Å². The highest BCUT2D eigenvalue weighted by molar-refractivity contribution is 5.93. The highest BCUT2D eigenvalue weighted by Gasteiger charge is 2.58. The Bertz CT molecular complexity index is 582. The van der Waals surface area contributed by atoms with Crippen molar-refractivity contribution in [3.63, 3.8) is 0 Å². The van der Waals surface area contributed by atoms with E-state index in [0.717, 1.165) is 18.4 Å². The number of hydrogen-bond acceptors (Lipinski definition) is 4. The maximum atomic E-state index is 11.8. The Kier molecular flexibility index (Phi) is 3.94. The van der Waals surface area contributed by atoms with E-state index in [4.69, 9.17) is 4.74 Å². The molecule has 0 radical (unpaired) electrons. The van der Waals surface area contributed by atoms with Crippen LogP contribution in [0.3, 0.4) is 0 Å². The van der Waals surface area contributed by atoms with Crippen LogP contribution in [0.4, 0.5) is 4.79 Å². The number of piperidine rings is 1. The van der Waals surface area contributed by atoms with Gasteiger partial charge in [-0.1, -0.05) is 20.8 Å². The molecular formula is C16H22N2O4. The summed E-state index contributed by atoms with van der Waals surface area (Å²) in [6.45, 7) is 6.04. The standard InChI is InChI=1S/C16H22N2O4/c1-15(2,3)16-6-5-11(18(16)14(20)21)7-10(8-16)12(9-17)13(19)22-4/h11H,5-8H2,1-4H3,(H,20,21)/b12-10-/t11-,16+/m0/s1. The molecule has 0 unspecified atom stereocenters. The minimum atomic E-state index is -0.923. The van der Waals surface area contributed by atoms with E-state index in [1.165, 1.54) is 7.11 Å². The van der Waals surface area contributed by atoms with Crippen molar-refractivity contribution in [2.75, 3.05) is 7.11 Å². The third-order valence-corrected chi connectivity index (χ3v) is 5.16. The molecule has 2 heterocycles. The lowest BCUT2D eigenvalue weighted by Gasteiger charge is -2.52. The SMILES string of the molecule is COC(=O)/C(C#N)=C1/C[C@@H]2CC[C@](C(C)(C)C)(C1)N2C(=O)O. The molecule has 0 aromatic rings. The molecule has 0 aliphatic carbocycles. The first-order chi connectivity index (χ1) is 10.2. The molecule has 6 nitrogen and oxygen atoms in total. The molecule has 6 heteroatoms. The van der Waals surface area contributed by atoms with Crippen LogP contribution < -0.4 is 0 Å². The maximum absolute atomic E-state index is 11.8. The topological polar surface area (TPSA) is 90.6 Å². The van der Waals surface area contributed by atoms with Crippen LogP contribution in [0.25, 0.3) is 0 Å². The van der Waals surface area contributed by atoms with Gasteiger partial charge < -0.3 is 9.84 Å². The zero-order valence-electron chi connectivity index (χ0n) is 13.5. The van der Waals surface area contributed by atoms with Gasteiger partial charge in [0, 0.05) is 6.04 Å². The molecule has 1 N–H and O–H groups in total. The molecule has 2 aliphatic heterocycles. The molecule has 0 aromatic carbocycles. The number of methoxy groups -OCH3 is 1. The van der Waals surface area contributed by atoms with Crippen molar-refractivity contribution in [3.8, 4) is 6.07 Å². The molecule has 0 spiro atoms. The number of amides is 1. The molecule has 2 rings (SSSR count). The molecule has 2 aliphatic rings. The van der Waals surface area contributed by atoms with Crippen LogP contribution in [0, 0.1) is 16.7 Å². The summed E-state index contributed by atoms with van der Waals surface area (Å²) in [7, 11) is 1.25. The Hall–Kier alpha value is -2.03. The van der Waals surface area contributed by atoms with Crippen LogP contribution in [0.1, 0.15) is 46.5 Å². The molecule has 2 atom stereocenters. The predicted molar refractivity (Wildman–Crippen MR) is 79.0 cm³/mol. The van der Waals surface area contributed by atoms with Gasteiger partial charge in [0.05, 0.1) is 12.6 Å². The number of carbonyl (C=O) groups is 2. The Morgan fingerprint density at radius 1 is 1.45 bits per heavy atom. The van der Waals surface area contributed by atoms with Crippen LogP contribution in [0.2, 0.25) is 0 Å². The Morgan fingerprint density at radius 3 is 2.55 bits per heavy atom. The molecule has 2 saturated heterocycles. The Morgan fingerprint density at radius 2 is 2.09 bits per heavy atom. The van der Waals surface area contributed by atoms with Gasteiger partial charge in [0.25, 0.3) is 0 Å². The van der Waals surface area contributed by atoms with Crippen molar-refractivity contribution >= 4 is 12.1 Å². The van der Waals surface area contributed by atoms with Gasteiger partial charge in [0.15, 0.2) is 0 Å². The molecule has 2 fully saturated rings. The second-order valence-electron chi connectivity index (χ2n) is 7.09. The predicted octanol–water partition coefficient (Wildman–Crippen LogP) is 2.70. The largest absolute Gasteiger partial charge is 0.465 e. The Balaban J connectivity index is 2.55. The minimum absolute atomic E-state index is 0.0352. The molecule has 120 valence electrons. The van der Waals surface area contributed by atoms with E-state index in [1.807, 2.05) is 26.8 Å². The van der Waals surface area contributed by atoms with Crippen molar-refractivity contribution in [1.29, 1.82) is 5.26 Å². The van der Waals surface area contributed by atoms with Gasteiger partial charge in [-0.2, -0.15) is 5.26 Å². The molecule has 2 bridgehead atoms. The monoisotopic (exact) mass is 306 g/mol. The highest BCUT2D eigenvalue weighted by Crippen LogP contribution is 2.55. The van der Waals surface area contributed by atoms with Crippen LogP contribution in [0.15, 0.2) is 11.1 Å². The van der Waals surface area contributed by atoms with Crippen molar-refractivity contribution in [2.45, 2.75) is 58.0 Å². The summed E-state index contributed by atoms with van der Waals surface area (Å²) in [5, 5.41) is 18.9. The second-order valence-corrected chi connectivity index (χ2v) is 7.09. The number of ether oxygens (including phenoxy) is 1. The smallest absolute Gasteiger partial charge is 0.408 e. The van der Waals surface area contributed by atoms with Gasteiger partial charge in [-0.05, 0) is 36.7 Å². The van der Waals surface area contributed by atoms with Crippen molar-refractivity contribution in [2.24, 2.45) is 5.41 Å². The second kappa shape index (κ2) is 5.31. The molecular weight excluding hydrogens is 284 g/mol. The van der Waals surface area contributed by atoms with Gasteiger partial charge in [0.1, 0.15) is 11.6 Å². The zero-order valence-corrected chi connectivity index (χ0v) is 13.5. The summed E-state index contributed by atoms with van der Waals surface area (Å²) in [5.41, 5.74) is -0.104. The molecule has 0 saturated carbocycles. The molecule has 0 aromatic heterocycles. The third kappa shape index (κ3) is 2.25. The van der Waals surface area contributed by atoms with Gasteiger partial charge in [-0.25, -0.2) is 9.59 Å². The third-order valence-electron chi connectivity index (χ3n) is 5.16. The summed E-state index contributed by atoms with van der Waals surface area (Å²) < 4.78 is 4.69. The number of carboxylic acid groups (broad SMARTS) is 1. The van der Waals surface area contributed by atoms with E-state index in [0.29, 0.717) is 12.8 Å². The maximum Gasteiger partial charge on any atom is 0.408 e. The normalized spacial score (nSPS) is 29.8. The number of fused-ring (bicyclic) bond motifs is 2. The average molecular weight is 306 g/mol. The first-order valence-corrected chi connectivity index (χ1v) is 7.40. The lowest BCUT2D eigenvalue weighted by atomic mass is 9.67. The van der Waals surface area contributed by atoms with Crippen LogP contribution >= 0.6 is 0 Å². The van der Waals surface area contributed by atoms with Crippen LogP contribution in [0.5, 0.6) is 0 Å². The Labute approximate surface area is 130 Å². The van der Waals surface area contributed by atoms with E-state index in [9.17, 15) is 20.0 Å². The van der Waals surface area contributed by atoms with Crippen LogP contribution in [-0.4, -0.2) is 40.8 Å². The minimum Gasteiger partial charge on any atom is -0.465 e. The number of carbonyl (C=O) groups excluding carboxylic acids is 1. The first kappa shape index (κ1) is 16.3. The number of nitriles is 1. The lowest BCUT2D eigenvalue weighted by molar-refractivity contribution is -0.135. The molecule has 22 heavy (non-hydrogen) atoms. The summed E-state index contributed by atoms with van der Waals surface area (Å²) in [4.78, 5) is 25.1. The fraction of sp³-hybridized carbons (Fsp3) is 0.688. The van der Waals surface area contributed by atoms with Gasteiger partial charge in [0.2, 0.25) is 0 Å². The van der Waals surface area contributed by atoms with Crippen LogP contribution in [-0.2, 0) is 9.53 Å². The number of nitrogens with zero attached hydrogens (tertiary/aromatic N) is 2. The van der Waals surface area contributed by atoms with E-state index in [2.05, 4.69) is 0 Å². The van der Waals surface area contributed by atoms with Gasteiger partial charge >= 0.3 is 12.1 Å². The van der Waals surface area contributed by atoms with Crippen molar-refractivity contribution in [1.82, 2.24) is 4.90 Å². The molecule has 1 amide bonds. The van der Waals surface area contributed by atoms with Gasteiger partial charge in [-0.15, -0.1) is 0 Å². The summed E-state index contributed by atoms with van der Waals surface area (Å²) in [6, 6.07) is 1.77. The number of hydrogen-bond donors (Lipinski definition) is 1. The fourth-order valence-corrected chi connectivity index (χ4v) is 3.98. The van der Waals surface area contributed by atoms with Crippen molar-refractivity contribution < 1.29 is 19.4 Å². The number of rotatable bonds is 1. The lowest BCUT2D eigenvalue weighted by Crippen LogP contribution is -2.60.